The number of aromatic nitrogens is 2. The molecule has 1 amide bonds. The zero-order chi connectivity index (χ0) is 16.2. The van der Waals surface area contributed by atoms with E-state index in [2.05, 4.69) is 33.8 Å². The molecule has 0 unspecified atom stereocenters. The van der Waals surface area contributed by atoms with E-state index < -0.39 is 0 Å². The number of carbonyl (C=O) groups excluding carboxylic acids is 1. The first-order valence-corrected chi connectivity index (χ1v) is 8.94. The van der Waals surface area contributed by atoms with Crippen LogP contribution in [0.2, 0.25) is 0 Å². The molecule has 2 aliphatic rings. The summed E-state index contributed by atoms with van der Waals surface area (Å²) in [5, 5.41) is 4.04. The van der Waals surface area contributed by atoms with Gasteiger partial charge in [0.15, 0.2) is 5.82 Å². The van der Waals surface area contributed by atoms with E-state index in [4.69, 9.17) is 4.52 Å². The highest BCUT2D eigenvalue weighted by Crippen LogP contribution is 2.23. The number of likely N-dealkylation sites (tertiary alicyclic amines) is 2. The van der Waals surface area contributed by atoms with Crippen LogP contribution in [-0.4, -0.2) is 52.0 Å². The zero-order valence-corrected chi connectivity index (χ0v) is 14.3. The van der Waals surface area contributed by atoms with Gasteiger partial charge in [0, 0.05) is 25.4 Å². The smallest absolute Gasteiger partial charge is 0.240 e. The van der Waals surface area contributed by atoms with Gasteiger partial charge in [-0.1, -0.05) is 19.0 Å². The molecule has 0 spiro atoms. The molecule has 0 N–H and O–H groups in total. The fraction of sp³-hybridized carbons (Fsp3) is 0.824. The molecule has 23 heavy (non-hydrogen) atoms. The molecule has 2 saturated heterocycles. The number of carbonyl (C=O) groups is 1. The fourth-order valence-electron chi connectivity index (χ4n) is 3.53. The molecule has 2 aliphatic heterocycles. The van der Waals surface area contributed by atoms with Crippen molar-refractivity contribution in [3.8, 4) is 0 Å². The summed E-state index contributed by atoms with van der Waals surface area (Å²) in [5.74, 6) is 2.62. The van der Waals surface area contributed by atoms with Crippen molar-refractivity contribution in [3.63, 3.8) is 0 Å². The molecule has 6 nitrogen and oxygen atoms in total. The number of hydrogen-bond acceptors (Lipinski definition) is 5. The largest absolute Gasteiger partial charge is 0.342 e. The van der Waals surface area contributed by atoms with Gasteiger partial charge >= 0.3 is 0 Å². The summed E-state index contributed by atoms with van der Waals surface area (Å²) in [6.45, 7) is 8.80. The number of rotatable bonds is 5. The van der Waals surface area contributed by atoms with Gasteiger partial charge in [0.05, 0.1) is 6.54 Å². The molecule has 2 fully saturated rings. The van der Waals surface area contributed by atoms with Crippen LogP contribution in [-0.2, 0) is 17.8 Å². The Balaban J connectivity index is 1.45. The van der Waals surface area contributed by atoms with Crippen LogP contribution in [0.15, 0.2) is 4.52 Å². The maximum absolute atomic E-state index is 12.4. The van der Waals surface area contributed by atoms with E-state index in [0.29, 0.717) is 24.3 Å². The third kappa shape index (κ3) is 4.31. The van der Waals surface area contributed by atoms with Gasteiger partial charge in [-0.2, -0.15) is 4.98 Å². The average Bonchev–Trinajstić information content (AvgIpc) is 3.19. The van der Waals surface area contributed by atoms with Gasteiger partial charge in [0.1, 0.15) is 0 Å². The van der Waals surface area contributed by atoms with Crippen LogP contribution in [0.4, 0.5) is 0 Å². The van der Waals surface area contributed by atoms with Crippen LogP contribution in [0.5, 0.6) is 0 Å². The van der Waals surface area contributed by atoms with Crippen LogP contribution in [0, 0.1) is 11.8 Å². The standard InChI is InChI=1S/C17H28N4O2/c1-13(2)11-15-18-16(23-19-15)12-20-9-5-14(6-10-20)17(22)21-7-3-4-8-21/h13-14H,3-12H2,1-2H3. The number of amides is 1. The normalized spacial score (nSPS) is 20.6. The second kappa shape index (κ2) is 7.43. The van der Waals surface area contributed by atoms with Gasteiger partial charge in [-0.05, 0) is 44.7 Å². The minimum absolute atomic E-state index is 0.212. The zero-order valence-electron chi connectivity index (χ0n) is 14.3. The highest BCUT2D eigenvalue weighted by atomic mass is 16.5. The van der Waals surface area contributed by atoms with Crippen molar-refractivity contribution in [2.45, 2.75) is 52.5 Å². The predicted molar refractivity (Wildman–Crippen MR) is 86.7 cm³/mol. The molecule has 3 rings (SSSR count). The molecule has 0 aliphatic carbocycles. The first-order chi connectivity index (χ1) is 11.1. The second-order valence-electron chi connectivity index (χ2n) is 7.29. The van der Waals surface area contributed by atoms with E-state index in [-0.39, 0.29) is 5.92 Å². The van der Waals surface area contributed by atoms with E-state index >= 15 is 0 Å². The number of piperidine rings is 1. The maximum atomic E-state index is 12.4. The Labute approximate surface area is 138 Å². The molecular weight excluding hydrogens is 292 g/mol. The monoisotopic (exact) mass is 320 g/mol. The molecule has 6 heteroatoms. The maximum Gasteiger partial charge on any atom is 0.240 e. The molecular formula is C17H28N4O2. The van der Waals surface area contributed by atoms with E-state index in [1.807, 2.05) is 0 Å². The average molecular weight is 320 g/mol. The molecule has 0 atom stereocenters. The Kier molecular flexibility index (Phi) is 5.30. The topological polar surface area (TPSA) is 62.5 Å². The highest BCUT2D eigenvalue weighted by molar-refractivity contribution is 5.79. The summed E-state index contributed by atoms with van der Waals surface area (Å²) in [5.41, 5.74) is 0. The summed E-state index contributed by atoms with van der Waals surface area (Å²) in [6, 6.07) is 0. The summed E-state index contributed by atoms with van der Waals surface area (Å²) in [6.07, 6.45) is 5.08. The minimum atomic E-state index is 0.212. The highest BCUT2D eigenvalue weighted by Gasteiger charge is 2.30. The lowest BCUT2D eigenvalue weighted by Gasteiger charge is -2.32. The van der Waals surface area contributed by atoms with Gasteiger partial charge in [-0.3, -0.25) is 9.69 Å². The SMILES string of the molecule is CC(C)Cc1noc(CN2CCC(C(=O)N3CCCC3)CC2)n1. The molecule has 0 bridgehead atoms. The number of nitrogens with zero attached hydrogens (tertiary/aromatic N) is 4. The van der Waals surface area contributed by atoms with Crippen LogP contribution in [0.25, 0.3) is 0 Å². The van der Waals surface area contributed by atoms with Crippen LogP contribution in [0.1, 0.15) is 51.2 Å². The lowest BCUT2D eigenvalue weighted by molar-refractivity contribution is -0.136. The molecule has 1 aromatic heterocycles. The van der Waals surface area contributed by atoms with Crippen molar-refractivity contribution in [3.05, 3.63) is 11.7 Å². The van der Waals surface area contributed by atoms with E-state index in [0.717, 1.165) is 51.3 Å². The van der Waals surface area contributed by atoms with Gasteiger partial charge in [0.25, 0.3) is 0 Å². The quantitative estimate of drug-likeness (QED) is 0.831. The van der Waals surface area contributed by atoms with Crippen molar-refractivity contribution < 1.29 is 9.32 Å². The third-order valence-electron chi connectivity index (χ3n) is 4.81. The van der Waals surface area contributed by atoms with Crippen molar-refractivity contribution >= 4 is 5.91 Å². The Bertz CT molecular complexity index is 514. The fourth-order valence-corrected chi connectivity index (χ4v) is 3.53. The van der Waals surface area contributed by atoms with E-state index in [1.165, 1.54) is 12.8 Å². The van der Waals surface area contributed by atoms with Crippen molar-refractivity contribution in [2.75, 3.05) is 26.2 Å². The van der Waals surface area contributed by atoms with E-state index in [1.54, 1.807) is 0 Å². The van der Waals surface area contributed by atoms with Crippen LogP contribution < -0.4 is 0 Å². The Hall–Kier alpha value is -1.43. The first-order valence-electron chi connectivity index (χ1n) is 8.94. The lowest BCUT2D eigenvalue weighted by atomic mass is 9.95. The Morgan fingerprint density at radius 3 is 2.57 bits per heavy atom. The predicted octanol–water partition coefficient (Wildman–Crippen LogP) is 2.10. The molecule has 3 heterocycles. The van der Waals surface area contributed by atoms with Gasteiger partial charge < -0.3 is 9.42 Å². The van der Waals surface area contributed by atoms with Gasteiger partial charge in [-0.25, -0.2) is 0 Å². The first kappa shape index (κ1) is 16.4. The summed E-state index contributed by atoms with van der Waals surface area (Å²) in [7, 11) is 0. The molecule has 0 saturated carbocycles. The summed E-state index contributed by atoms with van der Waals surface area (Å²) >= 11 is 0. The lowest BCUT2D eigenvalue weighted by Crippen LogP contribution is -2.41. The van der Waals surface area contributed by atoms with E-state index in [9.17, 15) is 4.79 Å². The van der Waals surface area contributed by atoms with Gasteiger partial charge in [0.2, 0.25) is 11.8 Å². The molecule has 128 valence electrons. The summed E-state index contributed by atoms with van der Waals surface area (Å²) in [4.78, 5) is 21.3. The Morgan fingerprint density at radius 2 is 1.91 bits per heavy atom. The molecule has 1 aromatic rings. The summed E-state index contributed by atoms with van der Waals surface area (Å²) < 4.78 is 5.35. The van der Waals surface area contributed by atoms with Gasteiger partial charge in [-0.15, -0.1) is 0 Å². The van der Waals surface area contributed by atoms with Crippen molar-refractivity contribution in [1.82, 2.24) is 19.9 Å². The minimum Gasteiger partial charge on any atom is -0.342 e. The van der Waals surface area contributed by atoms with Crippen LogP contribution in [0.3, 0.4) is 0 Å². The molecule has 0 aromatic carbocycles. The van der Waals surface area contributed by atoms with Crippen molar-refractivity contribution in [1.29, 1.82) is 0 Å². The van der Waals surface area contributed by atoms with Crippen molar-refractivity contribution in [2.24, 2.45) is 11.8 Å². The number of hydrogen-bond donors (Lipinski definition) is 0. The third-order valence-corrected chi connectivity index (χ3v) is 4.81. The molecule has 0 radical (unpaired) electrons. The Morgan fingerprint density at radius 1 is 1.22 bits per heavy atom. The second-order valence-corrected chi connectivity index (χ2v) is 7.29. The van der Waals surface area contributed by atoms with Crippen LogP contribution >= 0.6 is 0 Å².